The lowest BCUT2D eigenvalue weighted by Gasteiger charge is -2.14. The lowest BCUT2D eigenvalue weighted by atomic mass is 9.97. The highest BCUT2D eigenvalue weighted by Gasteiger charge is 2.29. The van der Waals surface area contributed by atoms with Gasteiger partial charge in [-0.15, -0.1) is 0 Å². The summed E-state index contributed by atoms with van der Waals surface area (Å²) in [5, 5.41) is 9.62. The normalized spacial score (nSPS) is 23.8. The highest BCUT2D eigenvalue weighted by Crippen LogP contribution is 2.30. The number of rotatable bonds is 5. The summed E-state index contributed by atoms with van der Waals surface area (Å²) in [6.45, 7) is 2.90. The summed E-state index contributed by atoms with van der Waals surface area (Å²) in [6.07, 6.45) is 6.68. The van der Waals surface area contributed by atoms with Crippen LogP contribution < -0.4 is 5.32 Å². The molecule has 1 saturated carbocycles. The van der Waals surface area contributed by atoms with E-state index in [-0.39, 0.29) is 11.8 Å². The predicted octanol–water partition coefficient (Wildman–Crippen LogP) is 1.29. The van der Waals surface area contributed by atoms with E-state index in [1.54, 1.807) is 0 Å². The molecule has 2 unspecified atom stereocenters. The van der Waals surface area contributed by atoms with Crippen LogP contribution >= 0.6 is 0 Å². The maximum absolute atomic E-state index is 11.9. The van der Waals surface area contributed by atoms with Crippen molar-refractivity contribution in [2.45, 2.75) is 39.0 Å². The van der Waals surface area contributed by atoms with Crippen LogP contribution in [-0.4, -0.2) is 27.6 Å². The third-order valence-electron chi connectivity index (χ3n) is 3.55. The highest BCUT2D eigenvalue weighted by molar-refractivity contribution is 5.79. The molecule has 0 aromatic carbocycles. The molecule has 17 heavy (non-hydrogen) atoms. The maximum atomic E-state index is 11.9. The largest absolute Gasteiger partial charge is 0.356 e. The van der Waals surface area contributed by atoms with E-state index in [4.69, 9.17) is 0 Å². The fourth-order valence-corrected chi connectivity index (χ4v) is 2.48. The molecule has 1 amide bonds. The van der Waals surface area contributed by atoms with E-state index in [9.17, 15) is 4.79 Å². The summed E-state index contributed by atoms with van der Waals surface area (Å²) in [6, 6.07) is 0. The van der Waals surface area contributed by atoms with Crippen LogP contribution in [0.5, 0.6) is 0 Å². The zero-order chi connectivity index (χ0) is 12.1. The van der Waals surface area contributed by atoms with Crippen molar-refractivity contribution >= 4 is 5.91 Å². The molecule has 5 heteroatoms. The Hall–Kier alpha value is -1.39. The number of H-pyrrole nitrogens is 1. The minimum atomic E-state index is 0.229. The van der Waals surface area contributed by atoms with Crippen LogP contribution in [0.15, 0.2) is 6.33 Å². The molecule has 0 radical (unpaired) electrons. The minimum absolute atomic E-state index is 0.229. The van der Waals surface area contributed by atoms with Gasteiger partial charge in [-0.3, -0.25) is 9.89 Å². The second kappa shape index (κ2) is 5.80. The lowest BCUT2D eigenvalue weighted by molar-refractivity contribution is -0.125. The van der Waals surface area contributed by atoms with Gasteiger partial charge < -0.3 is 5.32 Å². The molecule has 2 atom stereocenters. The summed E-state index contributed by atoms with van der Waals surface area (Å²) >= 11 is 0. The molecule has 1 fully saturated rings. The Morgan fingerprint density at radius 3 is 3.12 bits per heavy atom. The van der Waals surface area contributed by atoms with Gasteiger partial charge in [-0.2, -0.15) is 5.10 Å². The first-order valence-electron chi connectivity index (χ1n) is 6.39. The van der Waals surface area contributed by atoms with Crippen molar-refractivity contribution in [3.63, 3.8) is 0 Å². The quantitative estimate of drug-likeness (QED) is 0.757. The van der Waals surface area contributed by atoms with Crippen molar-refractivity contribution in [2.75, 3.05) is 6.54 Å². The summed E-state index contributed by atoms with van der Waals surface area (Å²) in [5.74, 6) is 1.89. The average Bonchev–Trinajstić information content (AvgIpc) is 2.95. The van der Waals surface area contributed by atoms with Crippen molar-refractivity contribution in [3.05, 3.63) is 12.2 Å². The van der Waals surface area contributed by atoms with Gasteiger partial charge in [-0.25, -0.2) is 4.98 Å². The smallest absolute Gasteiger partial charge is 0.223 e. The molecular weight excluding hydrogens is 216 g/mol. The van der Waals surface area contributed by atoms with E-state index < -0.39 is 0 Å². The molecule has 1 aliphatic carbocycles. The number of amides is 1. The number of aromatic amines is 1. The van der Waals surface area contributed by atoms with Gasteiger partial charge in [0.1, 0.15) is 12.2 Å². The van der Waals surface area contributed by atoms with Crippen molar-refractivity contribution in [1.82, 2.24) is 20.5 Å². The molecule has 0 aliphatic heterocycles. The SMILES string of the molecule is CC1CCCC1C(=O)NCCCc1ncn[nH]1. The highest BCUT2D eigenvalue weighted by atomic mass is 16.1. The topological polar surface area (TPSA) is 70.7 Å². The van der Waals surface area contributed by atoms with Crippen molar-refractivity contribution in [2.24, 2.45) is 11.8 Å². The van der Waals surface area contributed by atoms with Crippen molar-refractivity contribution in [3.8, 4) is 0 Å². The molecule has 2 rings (SSSR count). The number of carbonyl (C=O) groups is 1. The van der Waals surface area contributed by atoms with Crippen LogP contribution in [0.3, 0.4) is 0 Å². The second-order valence-corrected chi connectivity index (χ2v) is 4.84. The van der Waals surface area contributed by atoms with Gasteiger partial charge in [0.15, 0.2) is 0 Å². The summed E-state index contributed by atoms with van der Waals surface area (Å²) < 4.78 is 0. The van der Waals surface area contributed by atoms with Gasteiger partial charge in [0.25, 0.3) is 0 Å². The maximum Gasteiger partial charge on any atom is 0.223 e. The Balaban J connectivity index is 1.63. The number of nitrogens with zero attached hydrogens (tertiary/aromatic N) is 2. The molecule has 1 aliphatic rings. The summed E-state index contributed by atoms with van der Waals surface area (Å²) in [5.41, 5.74) is 0. The average molecular weight is 236 g/mol. The molecule has 0 bridgehead atoms. The fourth-order valence-electron chi connectivity index (χ4n) is 2.48. The number of aromatic nitrogens is 3. The van der Waals surface area contributed by atoms with Gasteiger partial charge in [-0.05, 0) is 25.2 Å². The van der Waals surface area contributed by atoms with Crippen LogP contribution in [0, 0.1) is 11.8 Å². The number of hydrogen-bond donors (Lipinski definition) is 2. The standard InChI is InChI=1S/C12H20N4O/c1-9-4-2-5-10(9)12(17)13-7-3-6-11-14-8-15-16-11/h8-10H,2-7H2,1H3,(H,13,17)(H,14,15,16). The monoisotopic (exact) mass is 236 g/mol. The van der Waals surface area contributed by atoms with Crippen molar-refractivity contribution < 1.29 is 4.79 Å². The van der Waals surface area contributed by atoms with Gasteiger partial charge in [0, 0.05) is 18.9 Å². The third kappa shape index (κ3) is 3.28. The molecule has 0 spiro atoms. The second-order valence-electron chi connectivity index (χ2n) is 4.84. The summed E-state index contributed by atoms with van der Waals surface area (Å²) in [7, 11) is 0. The Morgan fingerprint density at radius 2 is 2.47 bits per heavy atom. The zero-order valence-corrected chi connectivity index (χ0v) is 10.3. The zero-order valence-electron chi connectivity index (χ0n) is 10.3. The Morgan fingerprint density at radius 1 is 1.59 bits per heavy atom. The first kappa shape index (κ1) is 12.1. The molecule has 5 nitrogen and oxygen atoms in total. The van der Waals surface area contributed by atoms with Crippen LogP contribution in [0.25, 0.3) is 0 Å². The Labute approximate surface area is 101 Å². The molecule has 1 heterocycles. The molecular formula is C12H20N4O. The Bertz CT molecular complexity index is 349. The van der Waals surface area contributed by atoms with E-state index in [1.807, 2.05) is 0 Å². The van der Waals surface area contributed by atoms with E-state index in [2.05, 4.69) is 27.4 Å². The molecule has 94 valence electrons. The van der Waals surface area contributed by atoms with Gasteiger partial charge in [-0.1, -0.05) is 13.3 Å². The molecule has 2 N–H and O–H groups in total. The van der Waals surface area contributed by atoms with Crippen LogP contribution in [0.2, 0.25) is 0 Å². The third-order valence-corrected chi connectivity index (χ3v) is 3.55. The molecule has 1 aromatic heterocycles. The first-order valence-corrected chi connectivity index (χ1v) is 6.39. The van der Waals surface area contributed by atoms with Crippen LogP contribution in [0.4, 0.5) is 0 Å². The van der Waals surface area contributed by atoms with Gasteiger partial charge in [0.2, 0.25) is 5.91 Å². The van der Waals surface area contributed by atoms with Gasteiger partial charge in [0.05, 0.1) is 0 Å². The van der Waals surface area contributed by atoms with E-state index in [0.717, 1.165) is 31.6 Å². The van der Waals surface area contributed by atoms with E-state index in [0.29, 0.717) is 5.92 Å². The Kier molecular flexibility index (Phi) is 4.12. The predicted molar refractivity (Wildman–Crippen MR) is 64.2 cm³/mol. The van der Waals surface area contributed by atoms with E-state index in [1.165, 1.54) is 19.2 Å². The molecule has 0 saturated heterocycles. The minimum Gasteiger partial charge on any atom is -0.356 e. The number of carbonyl (C=O) groups excluding carboxylic acids is 1. The molecule has 1 aromatic rings. The first-order chi connectivity index (χ1) is 8.27. The van der Waals surface area contributed by atoms with Gasteiger partial charge >= 0.3 is 0 Å². The van der Waals surface area contributed by atoms with Crippen molar-refractivity contribution in [1.29, 1.82) is 0 Å². The number of hydrogen-bond acceptors (Lipinski definition) is 3. The van der Waals surface area contributed by atoms with E-state index >= 15 is 0 Å². The summed E-state index contributed by atoms with van der Waals surface area (Å²) in [4.78, 5) is 15.9. The van der Waals surface area contributed by atoms with Crippen LogP contribution in [0.1, 0.15) is 38.4 Å². The number of nitrogens with one attached hydrogen (secondary N) is 2. The van der Waals surface area contributed by atoms with Crippen LogP contribution in [-0.2, 0) is 11.2 Å². The lowest BCUT2D eigenvalue weighted by Crippen LogP contribution is -2.32. The number of aryl methyl sites for hydroxylation is 1. The fraction of sp³-hybridized carbons (Fsp3) is 0.750.